The molecule has 3 aromatic rings. The summed E-state index contributed by atoms with van der Waals surface area (Å²) in [5.74, 6) is -1.95. The van der Waals surface area contributed by atoms with E-state index in [4.69, 9.17) is 37.8 Å². The Labute approximate surface area is 203 Å². The summed E-state index contributed by atoms with van der Waals surface area (Å²) in [6.45, 7) is 4.12. The quantitative estimate of drug-likeness (QED) is 0.407. The number of ether oxygens (including phenoxy) is 1. The van der Waals surface area contributed by atoms with Gasteiger partial charge in [-0.2, -0.15) is 13.2 Å². The maximum absolute atomic E-state index is 12.5. The summed E-state index contributed by atoms with van der Waals surface area (Å²) in [4.78, 5) is 25.8. The van der Waals surface area contributed by atoms with Gasteiger partial charge < -0.3 is 15.2 Å². The molecule has 0 unspecified atom stereocenters. The van der Waals surface area contributed by atoms with Crippen LogP contribution in [0.1, 0.15) is 27.2 Å². The van der Waals surface area contributed by atoms with Crippen LogP contribution >= 0.6 is 23.2 Å². The van der Waals surface area contributed by atoms with Gasteiger partial charge in [0.25, 0.3) is 5.91 Å². The van der Waals surface area contributed by atoms with Crippen LogP contribution in [0.5, 0.6) is 5.75 Å². The van der Waals surface area contributed by atoms with Crippen molar-refractivity contribution in [2.45, 2.75) is 26.6 Å². The second-order valence-corrected chi connectivity index (χ2v) is 7.75. The van der Waals surface area contributed by atoms with E-state index in [1.165, 1.54) is 0 Å². The molecule has 1 heterocycles. The van der Waals surface area contributed by atoms with E-state index in [9.17, 15) is 18.0 Å². The number of carboxylic acids is 1. The predicted molar refractivity (Wildman–Crippen MR) is 123 cm³/mol. The van der Waals surface area contributed by atoms with Gasteiger partial charge in [0, 0.05) is 11.3 Å². The molecule has 0 radical (unpaired) electrons. The molecule has 1 aromatic heterocycles. The van der Waals surface area contributed by atoms with Crippen LogP contribution in [0, 0.1) is 13.8 Å². The van der Waals surface area contributed by atoms with E-state index in [-0.39, 0.29) is 12.5 Å². The number of carbonyl (C=O) groups is 2. The van der Waals surface area contributed by atoms with Crippen molar-refractivity contribution in [1.82, 2.24) is 4.98 Å². The molecule has 6 nitrogen and oxygen atoms in total. The standard InChI is InChI=1S/C21H18Cl2N2O2.C2HF3O2/c1-13-9-14(2)24-19(10-13)25-21(26)16-6-3-5-15(11-16)12-27-18-8-4-7-17(22)20(18)23;3-2(4,5)1(6)7/h3-11H,12H2,1-2H3,(H,24,25,26);(H,6,7). The lowest BCUT2D eigenvalue weighted by molar-refractivity contribution is -0.192. The van der Waals surface area contributed by atoms with E-state index in [1.54, 1.807) is 30.3 Å². The SMILES string of the molecule is Cc1cc(C)nc(NC(=O)c2cccc(COc3cccc(Cl)c3Cl)c2)c1.O=C(O)C(F)(F)F. The molecule has 0 saturated heterocycles. The smallest absolute Gasteiger partial charge is 0.487 e. The molecule has 0 aliphatic heterocycles. The van der Waals surface area contributed by atoms with Gasteiger partial charge in [-0.25, -0.2) is 9.78 Å². The largest absolute Gasteiger partial charge is 0.490 e. The Balaban J connectivity index is 0.000000509. The average molecular weight is 515 g/mol. The third-order valence-corrected chi connectivity index (χ3v) is 4.88. The zero-order valence-electron chi connectivity index (χ0n) is 17.9. The normalized spacial score (nSPS) is 10.7. The molecule has 2 N–H and O–H groups in total. The highest BCUT2D eigenvalue weighted by atomic mass is 35.5. The number of aromatic nitrogens is 1. The maximum Gasteiger partial charge on any atom is 0.490 e. The molecule has 2 aromatic carbocycles. The molecular formula is C23H19Cl2F3N2O4. The first-order valence-corrected chi connectivity index (χ1v) is 10.3. The number of benzene rings is 2. The van der Waals surface area contributed by atoms with Crippen LogP contribution in [0.4, 0.5) is 19.0 Å². The lowest BCUT2D eigenvalue weighted by Gasteiger charge is -2.10. The topological polar surface area (TPSA) is 88.5 Å². The van der Waals surface area contributed by atoms with Gasteiger partial charge in [-0.1, -0.05) is 41.4 Å². The zero-order chi connectivity index (χ0) is 25.5. The number of carboxylic acid groups (broad SMARTS) is 1. The van der Waals surface area contributed by atoms with Crippen molar-refractivity contribution in [2.75, 3.05) is 5.32 Å². The summed E-state index contributed by atoms with van der Waals surface area (Å²) in [6, 6.07) is 16.2. The molecule has 0 saturated carbocycles. The van der Waals surface area contributed by atoms with Crippen LogP contribution in [0.3, 0.4) is 0 Å². The Hall–Kier alpha value is -3.30. The van der Waals surface area contributed by atoms with Crippen molar-refractivity contribution in [3.63, 3.8) is 0 Å². The first-order valence-electron chi connectivity index (χ1n) is 9.59. The van der Waals surface area contributed by atoms with E-state index < -0.39 is 12.1 Å². The number of rotatable bonds is 5. The molecule has 11 heteroatoms. The molecule has 0 bridgehead atoms. The highest BCUT2D eigenvalue weighted by Crippen LogP contribution is 2.32. The van der Waals surface area contributed by atoms with Crippen molar-refractivity contribution in [3.05, 3.63) is 87.0 Å². The van der Waals surface area contributed by atoms with Crippen LogP contribution in [-0.2, 0) is 11.4 Å². The molecule has 180 valence electrons. The van der Waals surface area contributed by atoms with Crippen LogP contribution < -0.4 is 10.1 Å². The Kier molecular flexibility index (Phi) is 9.28. The van der Waals surface area contributed by atoms with Gasteiger partial charge in [0.1, 0.15) is 23.2 Å². The number of nitrogens with zero attached hydrogens (tertiary/aromatic N) is 1. The number of amides is 1. The zero-order valence-corrected chi connectivity index (χ0v) is 19.4. The number of pyridine rings is 1. The van der Waals surface area contributed by atoms with Crippen LogP contribution in [0.15, 0.2) is 54.6 Å². The fourth-order valence-electron chi connectivity index (χ4n) is 2.65. The molecule has 0 atom stereocenters. The van der Waals surface area contributed by atoms with E-state index in [0.29, 0.717) is 27.2 Å². The predicted octanol–water partition coefficient (Wildman–Crippen LogP) is 6.47. The van der Waals surface area contributed by atoms with Gasteiger partial charge in [-0.15, -0.1) is 0 Å². The minimum absolute atomic E-state index is 0.227. The minimum atomic E-state index is -5.08. The number of aliphatic carboxylic acids is 1. The molecule has 0 aliphatic carbocycles. The number of carbonyl (C=O) groups excluding carboxylic acids is 1. The monoisotopic (exact) mass is 514 g/mol. The summed E-state index contributed by atoms with van der Waals surface area (Å²) in [5, 5.41) is 10.8. The fraction of sp³-hybridized carbons (Fsp3) is 0.174. The van der Waals surface area contributed by atoms with Crippen molar-refractivity contribution >= 4 is 40.9 Å². The molecule has 34 heavy (non-hydrogen) atoms. The van der Waals surface area contributed by atoms with Crippen molar-refractivity contribution in [2.24, 2.45) is 0 Å². The van der Waals surface area contributed by atoms with Crippen molar-refractivity contribution < 1.29 is 32.6 Å². The first kappa shape index (κ1) is 26.9. The van der Waals surface area contributed by atoms with E-state index in [2.05, 4.69) is 10.3 Å². The second-order valence-electron chi connectivity index (χ2n) is 6.97. The van der Waals surface area contributed by atoms with Gasteiger partial charge in [-0.3, -0.25) is 4.79 Å². The molecule has 0 spiro atoms. The third kappa shape index (κ3) is 8.24. The Morgan fingerprint density at radius 3 is 2.32 bits per heavy atom. The number of nitrogens with one attached hydrogen (secondary N) is 1. The highest BCUT2D eigenvalue weighted by molar-refractivity contribution is 6.42. The van der Waals surface area contributed by atoms with Gasteiger partial charge in [0.05, 0.1) is 5.02 Å². The number of anilines is 1. The van der Waals surface area contributed by atoms with Crippen molar-refractivity contribution in [3.8, 4) is 5.75 Å². The highest BCUT2D eigenvalue weighted by Gasteiger charge is 2.38. The van der Waals surface area contributed by atoms with Crippen LogP contribution in [-0.4, -0.2) is 28.1 Å². The summed E-state index contributed by atoms with van der Waals surface area (Å²) >= 11 is 12.1. The number of aryl methyl sites for hydroxylation is 2. The Morgan fingerprint density at radius 2 is 1.71 bits per heavy atom. The molecule has 1 amide bonds. The lowest BCUT2D eigenvalue weighted by Crippen LogP contribution is -2.21. The van der Waals surface area contributed by atoms with Crippen molar-refractivity contribution in [1.29, 1.82) is 0 Å². The maximum atomic E-state index is 12.5. The Morgan fingerprint density at radius 1 is 1.06 bits per heavy atom. The summed E-state index contributed by atoms with van der Waals surface area (Å²) < 4.78 is 37.5. The molecule has 0 aliphatic rings. The lowest BCUT2D eigenvalue weighted by atomic mass is 10.1. The van der Waals surface area contributed by atoms with Crippen LogP contribution in [0.25, 0.3) is 0 Å². The van der Waals surface area contributed by atoms with Gasteiger partial charge in [0.15, 0.2) is 0 Å². The second kappa shape index (κ2) is 11.7. The fourth-order valence-corrected chi connectivity index (χ4v) is 3.00. The number of alkyl halides is 3. The van der Waals surface area contributed by atoms with E-state index in [1.807, 2.05) is 38.1 Å². The molecular weight excluding hydrogens is 496 g/mol. The summed E-state index contributed by atoms with van der Waals surface area (Å²) in [7, 11) is 0. The first-order chi connectivity index (χ1) is 15.9. The van der Waals surface area contributed by atoms with Crippen LogP contribution in [0.2, 0.25) is 10.0 Å². The van der Waals surface area contributed by atoms with E-state index >= 15 is 0 Å². The summed E-state index contributed by atoms with van der Waals surface area (Å²) in [5.41, 5.74) is 3.26. The number of hydrogen-bond donors (Lipinski definition) is 2. The Bertz CT molecular complexity index is 1170. The third-order valence-electron chi connectivity index (χ3n) is 4.08. The molecule has 0 fully saturated rings. The average Bonchev–Trinajstić information content (AvgIpc) is 2.74. The number of halogens is 5. The number of hydrogen-bond acceptors (Lipinski definition) is 4. The van der Waals surface area contributed by atoms with Gasteiger partial charge >= 0.3 is 12.1 Å². The minimum Gasteiger partial charge on any atom is -0.487 e. The van der Waals surface area contributed by atoms with E-state index in [0.717, 1.165) is 16.8 Å². The summed E-state index contributed by atoms with van der Waals surface area (Å²) in [6.07, 6.45) is -5.08. The van der Waals surface area contributed by atoms with Gasteiger partial charge in [-0.05, 0) is 61.4 Å². The molecule has 3 rings (SSSR count). The van der Waals surface area contributed by atoms with Gasteiger partial charge in [0.2, 0.25) is 0 Å².